The van der Waals surface area contributed by atoms with Crippen LogP contribution in [-0.2, 0) is 12.2 Å². The molecule has 0 aliphatic heterocycles. The van der Waals surface area contributed by atoms with E-state index in [9.17, 15) is 14.6 Å². The van der Waals surface area contributed by atoms with Gasteiger partial charge < -0.3 is 20.5 Å². The van der Waals surface area contributed by atoms with E-state index in [0.29, 0.717) is 24.5 Å². The van der Waals surface area contributed by atoms with E-state index in [0.717, 1.165) is 22.7 Å². The van der Waals surface area contributed by atoms with Gasteiger partial charge in [-0.25, -0.2) is 9.37 Å². The fourth-order valence-corrected chi connectivity index (χ4v) is 3.64. The maximum absolute atomic E-state index is 13.7. The Hall–Kier alpha value is -3.89. The molecular weight excluding hydrogens is 413 g/mol. The van der Waals surface area contributed by atoms with Gasteiger partial charge >= 0.3 is 0 Å². The fourth-order valence-electron chi connectivity index (χ4n) is 3.64. The summed E-state index contributed by atoms with van der Waals surface area (Å²) in [7, 11) is 0. The van der Waals surface area contributed by atoms with E-state index in [1.807, 2.05) is 24.4 Å². The number of aromatic nitrogens is 6. The van der Waals surface area contributed by atoms with Crippen molar-refractivity contribution >= 4 is 22.5 Å². The van der Waals surface area contributed by atoms with Crippen LogP contribution >= 0.6 is 0 Å². The number of benzene rings is 1. The Morgan fingerprint density at radius 3 is 2.81 bits per heavy atom. The topological polar surface area (TPSA) is 124 Å². The van der Waals surface area contributed by atoms with Gasteiger partial charge in [-0.2, -0.15) is 14.6 Å². The van der Waals surface area contributed by atoms with Crippen molar-refractivity contribution in [2.75, 3.05) is 11.9 Å². The molecule has 9 nitrogen and oxygen atoms in total. The van der Waals surface area contributed by atoms with E-state index >= 15 is 0 Å². The lowest BCUT2D eigenvalue weighted by atomic mass is 10.1. The standard InChI is InChI=1S/C22H20FN7O2/c1-22(31,32)17-12-27-30-20(17)28-19(14-8-15(23)11-24-9-14)29-21(30)25-7-6-13-10-26-18-5-3-2-4-16(13)18/h2-5,8-12,26,31-32H,6-7H2,1H3,(H,25,28,29). The summed E-state index contributed by atoms with van der Waals surface area (Å²) in [5.74, 6) is -2.16. The van der Waals surface area contributed by atoms with Gasteiger partial charge in [-0.15, -0.1) is 0 Å². The second kappa shape index (κ2) is 7.66. The van der Waals surface area contributed by atoms with Gasteiger partial charge in [0.15, 0.2) is 17.3 Å². The fraction of sp³-hybridized carbons (Fsp3) is 0.182. The third kappa shape index (κ3) is 3.66. The van der Waals surface area contributed by atoms with Crippen molar-refractivity contribution in [2.45, 2.75) is 19.1 Å². The molecule has 32 heavy (non-hydrogen) atoms. The molecule has 0 atom stereocenters. The summed E-state index contributed by atoms with van der Waals surface area (Å²) >= 11 is 0. The van der Waals surface area contributed by atoms with Gasteiger partial charge in [0.05, 0.1) is 18.0 Å². The smallest absolute Gasteiger partial charge is 0.227 e. The highest BCUT2D eigenvalue weighted by molar-refractivity contribution is 5.83. The number of para-hydroxylation sites is 1. The average Bonchev–Trinajstić information content (AvgIpc) is 3.38. The van der Waals surface area contributed by atoms with Crippen molar-refractivity contribution in [3.8, 4) is 11.4 Å². The minimum atomic E-state index is -2.16. The molecule has 10 heteroatoms. The molecule has 162 valence electrons. The minimum Gasteiger partial charge on any atom is -0.362 e. The highest BCUT2D eigenvalue weighted by Crippen LogP contribution is 2.26. The maximum atomic E-state index is 13.7. The van der Waals surface area contributed by atoms with Crippen LogP contribution < -0.4 is 5.32 Å². The number of H-pyrrole nitrogens is 1. The number of anilines is 1. The third-order valence-corrected chi connectivity index (χ3v) is 5.19. The summed E-state index contributed by atoms with van der Waals surface area (Å²) in [6.45, 7) is 1.75. The van der Waals surface area contributed by atoms with Crippen LogP contribution in [0.25, 0.3) is 27.9 Å². The molecule has 0 saturated heterocycles. The quantitative estimate of drug-likeness (QED) is 0.304. The van der Waals surface area contributed by atoms with Gasteiger partial charge in [0.2, 0.25) is 5.95 Å². The summed E-state index contributed by atoms with van der Waals surface area (Å²) in [4.78, 5) is 16.0. The highest BCUT2D eigenvalue weighted by atomic mass is 19.1. The molecule has 0 bridgehead atoms. The Balaban J connectivity index is 1.51. The number of rotatable bonds is 6. The zero-order valence-electron chi connectivity index (χ0n) is 17.1. The van der Waals surface area contributed by atoms with Crippen molar-refractivity contribution in [3.63, 3.8) is 0 Å². The van der Waals surface area contributed by atoms with E-state index in [1.165, 1.54) is 29.9 Å². The summed E-state index contributed by atoms with van der Waals surface area (Å²) in [6, 6.07) is 9.31. The lowest BCUT2D eigenvalue weighted by Gasteiger charge is -2.14. The molecule has 0 aliphatic rings. The van der Waals surface area contributed by atoms with E-state index in [1.54, 1.807) is 0 Å². The number of aromatic amines is 1. The van der Waals surface area contributed by atoms with Crippen LogP contribution in [0.4, 0.5) is 10.3 Å². The second-order valence-corrected chi connectivity index (χ2v) is 7.61. The van der Waals surface area contributed by atoms with E-state index in [4.69, 9.17) is 0 Å². The molecule has 1 aromatic carbocycles. The number of hydrogen-bond donors (Lipinski definition) is 4. The van der Waals surface area contributed by atoms with Gasteiger partial charge in [0, 0.05) is 35.4 Å². The Bertz CT molecular complexity index is 1420. The highest BCUT2D eigenvalue weighted by Gasteiger charge is 2.26. The van der Waals surface area contributed by atoms with Crippen LogP contribution in [0.15, 0.2) is 55.1 Å². The first-order chi connectivity index (χ1) is 15.4. The zero-order chi connectivity index (χ0) is 22.3. The molecule has 0 saturated carbocycles. The molecule has 4 heterocycles. The number of hydrogen-bond acceptors (Lipinski definition) is 7. The number of fused-ring (bicyclic) bond motifs is 2. The number of nitrogens with zero attached hydrogens (tertiary/aromatic N) is 5. The number of nitrogens with one attached hydrogen (secondary N) is 2. The van der Waals surface area contributed by atoms with Crippen LogP contribution in [-0.4, -0.2) is 46.3 Å². The first kappa shape index (κ1) is 20.0. The molecule has 0 radical (unpaired) electrons. The predicted molar refractivity (Wildman–Crippen MR) is 116 cm³/mol. The molecule has 5 rings (SSSR count). The van der Waals surface area contributed by atoms with Crippen LogP contribution in [0.1, 0.15) is 18.1 Å². The van der Waals surface area contributed by atoms with Crippen molar-refractivity contribution in [1.29, 1.82) is 0 Å². The van der Waals surface area contributed by atoms with E-state index in [2.05, 4.69) is 36.4 Å². The van der Waals surface area contributed by atoms with E-state index in [-0.39, 0.29) is 17.0 Å². The van der Waals surface area contributed by atoms with Crippen molar-refractivity contribution in [2.24, 2.45) is 0 Å². The molecule has 0 fully saturated rings. The second-order valence-electron chi connectivity index (χ2n) is 7.61. The van der Waals surface area contributed by atoms with Gasteiger partial charge in [0.1, 0.15) is 5.82 Å². The summed E-state index contributed by atoms with van der Waals surface area (Å²) in [6.07, 6.45) is 6.53. The summed E-state index contributed by atoms with van der Waals surface area (Å²) in [5.41, 5.74) is 2.87. The first-order valence-corrected chi connectivity index (χ1v) is 10.0. The zero-order valence-corrected chi connectivity index (χ0v) is 17.1. The van der Waals surface area contributed by atoms with Crippen molar-refractivity contribution in [1.82, 2.24) is 29.5 Å². The monoisotopic (exact) mass is 433 g/mol. The lowest BCUT2D eigenvalue weighted by molar-refractivity contribution is -0.151. The third-order valence-electron chi connectivity index (χ3n) is 5.19. The SMILES string of the molecule is CC(O)(O)c1cnn2c(NCCc3c[nH]c4ccccc34)nc(-c3cncc(F)c3)nc12. The number of halogens is 1. The minimum absolute atomic E-state index is 0.102. The van der Waals surface area contributed by atoms with Crippen LogP contribution in [0.2, 0.25) is 0 Å². The molecule has 0 aliphatic carbocycles. The first-order valence-electron chi connectivity index (χ1n) is 10.0. The maximum Gasteiger partial charge on any atom is 0.227 e. The predicted octanol–water partition coefficient (Wildman–Crippen LogP) is 2.62. The molecule has 4 N–H and O–H groups in total. The number of pyridine rings is 1. The van der Waals surface area contributed by atoms with Crippen LogP contribution in [0.3, 0.4) is 0 Å². The van der Waals surface area contributed by atoms with Crippen LogP contribution in [0, 0.1) is 5.82 Å². The van der Waals surface area contributed by atoms with Gasteiger partial charge in [-0.3, -0.25) is 4.98 Å². The Labute approximate surface area is 181 Å². The van der Waals surface area contributed by atoms with Gasteiger partial charge in [-0.1, -0.05) is 18.2 Å². The normalized spacial score (nSPS) is 12.0. The largest absolute Gasteiger partial charge is 0.362 e. The molecule has 0 spiro atoms. The number of aliphatic hydroxyl groups is 2. The molecule has 5 aromatic rings. The molecule has 0 amide bonds. The van der Waals surface area contributed by atoms with E-state index < -0.39 is 11.6 Å². The summed E-state index contributed by atoms with van der Waals surface area (Å²) < 4.78 is 15.1. The Kier molecular flexibility index (Phi) is 4.80. The lowest BCUT2D eigenvalue weighted by Crippen LogP contribution is -2.20. The van der Waals surface area contributed by atoms with Crippen LogP contribution in [0.5, 0.6) is 0 Å². The van der Waals surface area contributed by atoms with Crippen molar-refractivity contribution in [3.05, 3.63) is 72.1 Å². The molecular formula is C22H20FN7O2. The molecule has 0 unspecified atom stereocenters. The average molecular weight is 433 g/mol. The summed E-state index contributed by atoms with van der Waals surface area (Å²) in [5, 5.41) is 28.8. The molecule has 4 aromatic heterocycles. The Morgan fingerprint density at radius 1 is 1.16 bits per heavy atom. The van der Waals surface area contributed by atoms with Gasteiger partial charge in [0.25, 0.3) is 0 Å². The van der Waals surface area contributed by atoms with Gasteiger partial charge in [-0.05, 0) is 31.0 Å². The van der Waals surface area contributed by atoms with Crippen molar-refractivity contribution < 1.29 is 14.6 Å². The Morgan fingerprint density at radius 2 is 2.00 bits per heavy atom.